The lowest BCUT2D eigenvalue weighted by atomic mass is 10.1. The van der Waals surface area contributed by atoms with Gasteiger partial charge in [0.05, 0.1) is 12.5 Å². The SMILES string of the molecule is CNC(Cc1ncnn1CC(C)C)c1ccoc1. The zero-order valence-corrected chi connectivity index (χ0v) is 11.1. The molecule has 0 saturated carbocycles. The summed E-state index contributed by atoms with van der Waals surface area (Å²) in [5.41, 5.74) is 1.14. The largest absolute Gasteiger partial charge is 0.472 e. The maximum atomic E-state index is 5.13. The molecule has 5 nitrogen and oxygen atoms in total. The van der Waals surface area contributed by atoms with Crippen molar-refractivity contribution in [3.05, 3.63) is 36.3 Å². The van der Waals surface area contributed by atoms with Crippen molar-refractivity contribution in [1.29, 1.82) is 0 Å². The number of hydrogen-bond acceptors (Lipinski definition) is 4. The van der Waals surface area contributed by atoms with Gasteiger partial charge in [0, 0.05) is 24.6 Å². The van der Waals surface area contributed by atoms with Crippen molar-refractivity contribution in [1.82, 2.24) is 20.1 Å². The van der Waals surface area contributed by atoms with Gasteiger partial charge in [-0.2, -0.15) is 5.10 Å². The molecule has 2 aromatic heterocycles. The molecule has 18 heavy (non-hydrogen) atoms. The molecule has 0 radical (unpaired) electrons. The number of nitrogens with one attached hydrogen (secondary N) is 1. The summed E-state index contributed by atoms with van der Waals surface area (Å²) in [5, 5.41) is 7.56. The Kier molecular flexibility index (Phi) is 4.15. The van der Waals surface area contributed by atoms with Crippen molar-refractivity contribution in [3.8, 4) is 0 Å². The zero-order chi connectivity index (χ0) is 13.0. The number of nitrogens with zero attached hydrogens (tertiary/aromatic N) is 3. The van der Waals surface area contributed by atoms with Crippen LogP contribution in [0.5, 0.6) is 0 Å². The van der Waals surface area contributed by atoms with Gasteiger partial charge in [-0.05, 0) is 19.0 Å². The average Bonchev–Trinajstić information content (AvgIpc) is 2.96. The average molecular weight is 248 g/mol. The highest BCUT2D eigenvalue weighted by Crippen LogP contribution is 2.17. The van der Waals surface area contributed by atoms with Gasteiger partial charge in [-0.3, -0.25) is 0 Å². The van der Waals surface area contributed by atoms with Gasteiger partial charge in [0.15, 0.2) is 0 Å². The molecular formula is C13H20N4O. The van der Waals surface area contributed by atoms with Crippen LogP contribution in [0.4, 0.5) is 0 Å². The molecule has 2 rings (SSSR count). The summed E-state index contributed by atoms with van der Waals surface area (Å²) in [6, 6.07) is 2.18. The lowest BCUT2D eigenvalue weighted by Gasteiger charge is -2.15. The van der Waals surface area contributed by atoms with Crippen LogP contribution in [0.2, 0.25) is 0 Å². The Labute approximate surface area is 107 Å². The number of hydrogen-bond donors (Lipinski definition) is 1. The number of rotatable bonds is 6. The van der Waals surface area contributed by atoms with E-state index in [9.17, 15) is 0 Å². The molecule has 0 aromatic carbocycles. The maximum absolute atomic E-state index is 5.13. The Hall–Kier alpha value is -1.62. The maximum Gasteiger partial charge on any atom is 0.138 e. The Morgan fingerprint density at radius 1 is 1.44 bits per heavy atom. The van der Waals surface area contributed by atoms with Crippen LogP contribution in [0.15, 0.2) is 29.3 Å². The Balaban J connectivity index is 2.10. The fourth-order valence-corrected chi connectivity index (χ4v) is 1.99. The topological polar surface area (TPSA) is 55.9 Å². The van der Waals surface area contributed by atoms with Crippen LogP contribution in [0.25, 0.3) is 0 Å². The van der Waals surface area contributed by atoms with Crippen molar-refractivity contribution in [2.45, 2.75) is 32.9 Å². The highest BCUT2D eigenvalue weighted by atomic mass is 16.3. The molecule has 0 saturated heterocycles. The minimum atomic E-state index is 0.207. The molecule has 5 heteroatoms. The van der Waals surface area contributed by atoms with Crippen LogP contribution in [-0.4, -0.2) is 21.8 Å². The van der Waals surface area contributed by atoms with E-state index in [0.717, 1.165) is 24.4 Å². The second-order valence-electron chi connectivity index (χ2n) is 4.85. The lowest BCUT2D eigenvalue weighted by molar-refractivity contribution is 0.450. The van der Waals surface area contributed by atoms with E-state index in [1.165, 1.54) is 0 Å². The normalized spacial score (nSPS) is 13.1. The molecule has 0 aliphatic carbocycles. The Morgan fingerprint density at radius 3 is 2.89 bits per heavy atom. The van der Waals surface area contributed by atoms with E-state index < -0.39 is 0 Å². The molecular weight excluding hydrogens is 228 g/mol. The molecule has 0 aliphatic rings. The summed E-state index contributed by atoms with van der Waals surface area (Å²) >= 11 is 0. The number of furan rings is 1. The van der Waals surface area contributed by atoms with E-state index in [4.69, 9.17) is 4.42 Å². The lowest BCUT2D eigenvalue weighted by Crippen LogP contribution is -2.21. The summed E-state index contributed by atoms with van der Waals surface area (Å²) in [6.07, 6.45) is 5.89. The van der Waals surface area contributed by atoms with Crippen LogP contribution >= 0.6 is 0 Å². The monoisotopic (exact) mass is 248 g/mol. The smallest absolute Gasteiger partial charge is 0.138 e. The third-order valence-corrected chi connectivity index (χ3v) is 2.91. The van der Waals surface area contributed by atoms with E-state index in [1.54, 1.807) is 18.9 Å². The molecule has 0 aliphatic heterocycles. The van der Waals surface area contributed by atoms with E-state index in [0.29, 0.717) is 5.92 Å². The summed E-state index contributed by atoms with van der Waals surface area (Å²) in [7, 11) is 1.95. The van der Waals surface area contributed by atoms with Gasteiger partial charge in [-0.15, -0.1) is 0 Å². The van der Waals surface area contributed by atoms with Crippen LogP contribution in [0, 0.1) is 5.92 Å². The summed E-state index contributed by atoms with van der Waals surface area (Å²) < 4.78 is 7.11. The Bertz CT molecular complexity index is 461. The van der Waals surface area contributed by atoms with Gasteiger partial charge in [0.2, 0.25) is 0 Å². The molecule has 0 amide bonds. The second-order valence-corrected chi connectivity index (χ2v) is 4.85. The molecule has 98 valence electrons. The first-order chi connectivity index (χ1) is 8.70. The van der Waals surface area contributed by atoms with Crippen LogP contribution in [-0.2, 0) is 13.0 Å². The standard InChI is InChI=1S/C13H20N4O/c1-10(2)7-17-13(15-9-16-17)6-12(14-3)11-4-5-18-8-11/h4-5,8-10,12,14H,6-7H2,1-3H3. The molecule has 1 atom stereocenters. The highest BCUT2D eigenvalue weighted by molar-refractivity contribution is 5.13. The number of aromatic nitrogens is 3. The van der Waals surface area contributed by atoms with Crippen LogP contribution in [0.3, 0.4) is 0 Å². The first-order valence-electron chi connectivity index (χ1n) is 6.26. The fourth-order valence-electron chi connectivity index (χ4n) is 1.99. The third kappa shape index (κ3) is 2.98. The predicted molar refractivity (Wildman–Crippen MR) is 69.1 cm³/mol. The second kappa shape index (κ2) is 5.82. The summed E-state index contributed by atoms with van der Waals surface area (Å²) in [4.78, 5) is 4.35. The van der Waals surface area contributed by atoms with E-state index >= 15 is 0 Å². The fraction of sp³-hybridized carbons (Fsp3) is 0.538. The first-order valence-corrected chi connectivity index (χ1v) is 6.26. The molecule has 1 unspecified atom stereocenters. The van der Waals surface area contributed by atoms with Crippen molar-refractivity contribution in [2.24, 2.45) is 5.92 Å². The van der Waals surface area contributed by atoms with Crippen molar-refractivity contribution < 1.29 is 4.42 Å². The molecule has 1 N–H and O–H groups in total. The minimum Gasteiger partial charge on any atom is -0.472 e. The van der Waals surface area contributed by atoms with Gasteiger partial charge in [-0.1, -0.05) is 13.8 Å². The zero-order valence-electron chi connectivity index (χ0n) is 11.1. The first kappa shape index (κ1) is 12.8. The van der Waals surface area contributed by atoms with Crippen LogP contribution in [0.1, 0.15) is 31.3 Å². The van der Waals surface area contributed by atoms with Crippen molar-refractivity contribution in [3.63, 3.8) is 0 Å². The molecule has 2 aromatic rings. The summed E-state index contributed by atoms with van der Waals surface area (Å²) in [6.45, 7) is 5.26. The molecule has 0 spiro atoms. The number of likely N-dealkylation sites (N-methyl/N-ethyl adjacent to an activating group) is 1. The third-order valence-electron chi connectivity index (χ3n) is 2.91. The van der Waals surface area contributed by atoms with Gasteiger partial charge >= 0.3 is 0 Å². The van der Waals surface area contributed by atoms with Crippen LogP contribution < -0.4 is 5.32 Å². The predicted octanol–water partition coefficient (Wildman–Crippen LogP) is 2.03. The van der Waals surface area contributed by atoms with Crippen molar-refractivity contribution >= 4 is 0 Å². The molecule has 2 heterocycles. The molecule has 0 fully saturated rings. The van der Waals surface area contributed by atoms with Gasteiger partial charge in [0.25, 0.3) is 0 Å². The van der Waals surface area contributed by atoms with Gasteiger partial charge in [0.1, 0.15) is 12.2 Å². The van der Waals surface area contributed by atoms with E-state index in [-0.39, 0.29) is 6.04 Å². The quantitative estimate of drug-likeness (QED) is 0.850. The van der Waals surface area contributed by atoms with Gasteiger partial charge in [-0.25, -0.2) is 9.67 Å². The highest BCUT2D eigenvalue weighted by Gasteiger charge is 2.15. The summed E-state index contributed by atoms with van der Waals surface area (Å²) in [5.74, 6) is 1.57. The van der Waals surface area contributed by atoms with Gasteiger partial charge < -0.3 is 9.73 Å². The molecule has 0 bridgehead atoms. The van der Waals surface area contributed by atoms with E-state index in [2.05, 4.69) is 29.2 Å². The Morgan fingerprint density at radius 2 is 2.28 bits per heavy atom. The minimum absolute atomic E-state index is 0.207. The van der Waals surface area contributed by atoms with E-state index in [1.807, 2.05) is 17.8 Å². The van der Waals surface area contributed by atoms with Crippen molar-refractivity contribution in [2.75, 3.05) is 7.05 Å².